The maximum Gasteiger partial charge on any atom is 0.508 e. The van der Waals surface area contributed by atoms with Crippen LogP contribution in [0, 0.1) is 11.8 Å². The Hall–Kier alpha value is -0.880. The van der Waals surface area contributed by atoms with Crippen molar-refractivity contribution in [1.29, 1.82) is 0 Å². The third kappa shape index (κ3) is 7.62. The van der Waals surface area contributed by atoms with E-state index in [2.05, 4.69) is 4.98 Å². The van der Waals surface area contributed by atoms with Gasteiger partial charge >= 0.3 is 6.16 Å². The molecule has 0 atom stereocenters. The summed E-state index contributed by atoms with van der Waals surface area (Å²) in [6.45, 7) is 8.50. The van der Waals surface area contributed by atoms with E-state index in [0.717, 1.165) is 5.03 Å². The molecule has 0 amide bonds. The number of carbonyl (C=O) groups excluding carboxylic acids is 1. The van der Waals surface area contributed by atoms with Crippen LogP contribution in [0.4, 0.5) is 4.79 Å². The minimum atomic E-state index is -0.578. The fraction of sp³-hybridized carbons (Fsp3) is 0.600. The first-order chi connectivity index (χ1) is 10.0. The lowest BCUT2D eigenvalue weighted by Gasteiger charge is -2.24. The van der Waals surface area contributed by atoms with Gasteiger partial charge in [0.05, 0.1) is 0 Å². The van der Waals surface area contributed by atoms with E-state index in [9.17, 15) is 4.79 Å². The zero-order valence-corrected chi connectivity index (χ0v) is 14.6. The highest BCUT2D eigenvalue weighted by Gasteiger charge is 2.22. The van der Waals surface area contributed by atoms with Gasteiger partial charge in [-0.05, 0) is 34.8 Å². The topological polar surface area (TPSA) is 48.4 Å². The molecule has 1 rings (SSSR count). The molecular formula is C15H23NO3S2. The summed E-state index contributed by atoms with van der Waals surface area (Å²) >= 11 is 0. The summed E-state index contributed by atoms with van der Waals surface area (Å²) in [5, 5.41) is 0.949. The number of pyridine rings is 1. The zero-order valence-electron chi connectivity index (χ0n) is 12.9. The predicted octanol–water partition coefficient (Wildman–Crippen LogP) is 4.66. The Kier molecular flexibility index (Phi) is 8.61. The smallest absolute Gasteiger partial charge is 0.433 e. The largest absolute Gasteiger partial charge is 0.508 e. The molecule has 0 saturated carbocycles. The van der Waals surface area contributed by atoms with Gasteiger partial charge in [-0.2, -0.15) is 0 Å². The van der Waals surface area contributed by atoms with Gasteiger partial charge in [0.2, 0.25) is 0 Å². The van der Waals surface area contributed by atoms with Crippen LogP contribution in [0.3, 0.4) is 0 Å². The molecule has 0 bridgehead atoms. The van der Waals surface area contributed by atoms with Crippen LogP contribution in [-0.4, -0.2) is 29.6 Å². The molecule has 0 aliphatic rings. The monoisotopic (exact) mass is 329 g/mol. The Balaban J connectivity index is 2.16. The highest BCUT2D eigenvalue weighted by Crippen LogP contribution is 2.28. The van der Waals surface area contributed by atoms with Crippen LogP contribution in [0.15, 0.2) is 29.4 Å². The second-order valence-electron chi connectivity index (χ2n) is 5.24. The van der Waals surface area contributed by atoms with Crippen molar-refractivity contribution in [2.24, 2.45) is 11.8 Å². The minimum Gasteiger partial charge on any atom is -0.433 e. The Labute approximate surface area is 134 Å². The van der Waals surface area contributed by atoms with Gasteiger partial charge in [-0.15, -0.1) is 0 Å². The van der Waals surface area contributed by atoms with Crippen molar-refractivity contribution >= 4 is 27.7 Å². The molecule has 118 valence electrons. The van der Waals surface area contributed by atoms with Crippen molar-refractivity contribution in [3.8, 4) is 0 Å². The summed E-state index contributed by atoms with van der Waals surface area (Å²) < 4.78 is 10.4. The van der Waals surface area contributed by atoms with Gasteiger partial charge in [0.25, 0.3) is 0 Å². The van der Waals surface area contributed by atoms with Crippen LogP contribution in [0.2, 0.25) is 0 Å². The first kappa shape index (κ1) is 18.2. The summed E-state index contributed by atoms with van der Waals surface area (Å²) in [5.74, 6) is 1.27. The molecule has 1 aromatic rings. The Bertz CT molecular complexity index is 405. The predicted molar refractivity (Wildman–Crippen MR) is 88.4 cm³/mol. The molecule has 0 aliphatic carbocycles. The molecule has 0 aromatic carbocycles. The Morgan fingerprint density at radius 2 is 1.95 bits per heavy atom. The summed E-state index contributed by atoms with van der Waals surface area (Å²) in [6, 6.07) is 5.78. The van der Waals surface area contributed by atoms with Gasteiger partial charge < -0.3 is 9.47 Å². The van der Waals surface area contributed by atoms with Gasteiger partial charge in [-0.1, -0.05) is 44.6 Å². The van der Waals surface area contributed by atoms with E-state index < -0.39 is 6.16 Å². The lowest BCUT2D eigenvalue weighted by Crippen LogP contribution is -2.29. The molecule has 0 aliphatic heterocycles. The van der Waals surface area contributed by atoms with Crippen molar-refractivity contribution in [2.75, 3.05) is 12.4 Å². The molecule has 0 spiro atoms. The van der Waals surface area contributed by atoms with Crippen molar-refractivity contribution < 1.29 is 14.3 Å². The van der Waals surface area contributed by atoms with Crippen LogP contribution >= 0.6 is 21.6 Å². The van der Waals surface area contributed by atoms with Crippen molar-refractivity contribution in [2.45, 2.75) is 38.8 Å². The fourth-order valence-corrected chi connectivity index (χ4v) is 3.55. The SMILES string of the molecule is CC(C)C(OC(=O)OCCSSc1ccccn1)C(C)C. The molecule has 6 heteroatoms. The van der Waals surface area contributed by atoms with E-state index in [0.29, 0.717) is 12.4 Å². The fourth-order valence-electron chi connectivity index (χ4n) is 1.84. The highest BCUT2D eigenvalue weighted by atomic mass is 33.1. The van der Waals surface area contributed by atoms with Crippen molar-refractivity contribution in [1.82, 2.24) is 4.98 Å². The molecule has 1 heterocycles. The molecule has 0 unspecified atom stereocenters. The minimum absolute atomic E-state index is 0.104. The van der Waals surface area contributed by atoms with Gasteiger partial charge in [0.15, 0.2) is 0 Å². The Morgan fingerprint density at radius 1 is 1.24 bits per heavy atom. The maximum absolute atomic E-state index is 11.6. The number of nitrogens with zero attached hydrogens (tertiary/aromatic N) is 1. The second-order valence-corrected chi connectivity index (χ2v) is 7.68. The molecule has 0 radical (unpaired) electrons. The molecular weight excluding hydrogens is 306 g/mol. The van der Waals surface area contributed by atoms with E-state index in [1.165, 1.54) is 0 Å². The summed E-state index contributed by atoms with van der Waals surface area (Å²) in [7, 11) is 3.17. The normalized spacial score (nSPS) is 11.2. The van der Waals surface area contributed by atoms with Crippen LogP contribution in [0.5, 0.6) is 0 Å². The summed E-state index contributed by atoms with van der Waals surface area (Å²) in [4.78, 5) is 15.8. The van der Waals surface area contributed by atoms with E-state index in [-0.39, 0.29) is 17.9 Å². The molecule has 0 fully saturated rings. The van der Waals surface area contributed by atoms with Gasteiger partial charge in [0.1, 0.15) is 17.7 Å². The van der Waals surface area contributed by atoms with Crippen LogP contribution in [-0.2, 0) is 9.47 Å². The average Bonchev–Trinajstić information content (AvgIpc) is 2.45. The zero-order chi connectivity index (χ0) is 15.7. The number of hydrogen-bond donors (Lipinski definition) is 0. The van der Waals surface area contributed by atoms with E-state index in [4.69, 9.17) is 9.47 Å². The molecule has 0 N–H and O–H groups in total. The van der Waals surface area contributed by atoms with Crippen LogP contribution < -0.4 is 0 Å². The number of ether oxygens (including phenoxy) is 2. The second kappa shape index (κ2) is 9.95. The first-order valence-electron chi connectivity index (χ1n) is 7.04. The quantitative estimate of drug-likeness (QED) is 0.393. The first-order valence-corrected chi connectivity index (χ1v) is 9.36. The highest BCUT2D eigenvalue weighted by molar-refractivity contribution is 8.76. The molecule has 4 nitrogen and oxygen atoms in total. The van der Waals surface area contributed by atoms with Gasteiger partial charge in [0, 0.05) is 11.9 Å². The van der Waals surface area contributed by atoms with Crippen molar-refractivity contribution in [3.63, 3.8) is 0 Å². The van der Waals surface area contributed by atoms with E-state index >= 15 is 0 Å². The standard InChI is InChI=1S/C15H23NO3S2/c1-11(2)14(12(3)4)19-15(17)18-9-10-20-21-13-7-5-6-8-16-13/h5-8,11-12,14H,9-10H2,1-4H3. The van der Waals surface area contributed by atoms with E-state index in [1.54, 1.807) is 27.8 Å². The average molecular weight is 329 g/mol. The van der Waals surface area contributed by atoms with Crippen molar-refractivity contribution in [3.05, 3.63) is 24.4 Å². The van der Waals surface area contributed by atoms with Crippen LogP contribution in [0.25, 0.3) is 0 Å². The third-order valence-corrected chi connectivity index (χ3v) is 4.94. The number of aromatic nitrogens is 1. The third-order valence-electron chi connectivity index (χ3n) is 2.72. The number of carbonyl (C=O) groups is 1. The summed E-state index contributed by atoms with van der Waals surface area (Å²) in [6.07, 6.45) is 1.08. The number of rotatable bonds is 8. The Morgan fingerprint density at radius 3 is 2.52 bits per heavy atom. The lowest BCUT2D eigenvalue weighted by molar-refractivity contribution is -0.00810. The van der Waals surface area contributed by atoms with Gasteiger partial charge in [-0.3, -0.25) is 0 Å². The lowest BCUT2D eigenvalue weighted by atomic mass is 9.96. The molecule has 21 heavy (non-hydrogen) atoms. The van der Waals surface area contributed by atoms with E-state index in [1.807, 2.05) is 45.9 Å². The number of hydrogen-bond acceptors (Lipinski definition) is 6. The maximum atomic E-state index is 11.6. The molecule has 0 saturated heterocycles. The van der Waals surface area contributed by atoms with Crippen LogP contribution in [0.1, 0.15) is 27.7 Å². The van der Waals surface area contributed by atoms with Gasteiger partial charge in [-0.25, -0.2) is 9.78 Å². The molecule has 1 aromatic heterocycles. The summed E-state index contributed by atoms with van der Waals surface area (Å²) in [5.41, 5.74) is 0.